The van der Waals surface area contributed by atoms with E-state index in [9.17, 15) is 4.55 Å². The van der Waals surface area contributed by atoms with E-state index in [4.69, 9.17) is 4.74 Å². The standard InChI is InChI=1S/C12H7O2S/c13-15-11-7-3-1-5-9(11)14-10-6-2-4-8-12(10)15/h1-3,5-8H. The number of para-hydroxylation sites is 1. The zero-order valence-corrected chi connectivity index (χ0v) is 8.58. The van der Waals surface area contributed by atoms with Crippen LogP contribution in [0.2, 0.25) is 0 Å². The van der Waals surface area contributed by atoms with Gasteiger partial charge in [-0.2, -0.15) is 0 Å². The fraction of sp³-hybridized carbons (Fsp3) is 0. The number of fused-ring (bicyclic) bond motifs is 2. The van der Waals surface area contributed by atoms with Crippen LogP contribution in [0.1, 0.15) is 0 Å². The van der Waals surface area contributed by atoms with E-state index in [0.29, 0.717) is 16.4 Å². The second-order valence-corrected chi connectivity index (χ2v) is 4.61. The lowest BCUT2D eigenvalue weighted by atomic mass is 10.3. The van der Waals surface area contributed by atoms with Crippen LogP contribution in [-0.4, -0.2) is 4.55 Å². The zero-order chi connectivity index (χ0) is 10.3. The quantitative estimate of drug-likeness (QED) is 0.633. The van der Waals surface area contributed by atoms with Gasteiger partial charge in [-0.25, -0.2) is 0 Å². The van der Waals surface area contributed by atoms with Crippen LogP contribution in [0, 0.1) is 6.07 Å². The van der Waals surface area contributed by atoms with Crippen molar-refractivity contribution < 1.29 is 9.29 Å². The van der Waals surface area contributed by atoms with Crippen LogP contribution in [0.25, 0.3) is 0 Å². The molecule has 1 aliphatic heterocycles. The summed E-state index contributed by atoms with van der Waals surface area (Å²) in [6, 6.07) is 15.5. The summed E-state index contributed by atoms with van der Waals surface area (Å²) in [6.07, 6.45) is 0. The molecular weight excluding hydrogens is 208 g/mol. The van der Waals surface area contributed by atoms with Crippen LogP contribution in [0.3, 0.4) is 0 Å². The summed E-state index contributed by atoms with van der Waals surface area (Å²) in [5.41, 5.74) is 0. The van der Waals surface area contributed by atoms with Gasteiger partial charge in [0.2, 0.25) is 9.79 Å². The average molecular weight is 215 g/mol. The smallest absolute Gasteiger partial charge is 0.201 e. The number of ether oxygens (including phenoxy) is 1. The first-order valence-electron chi connectivity index (χ1n) is 4.55. The second-order valence-electron chi connectivity index (χ2n) is 3.19. The van der Waals surface area contributed by atoms with Gasteiger partial charge in [0.1, 0.15) is 0 Å². The Morgan fingerprint density at radius 2 is 1.87 bits per heavy atom. The van der Waals surface area contributed by atoms with E-state index in [1.807, 2.05) is 24.3 Å². The first-order chi connectivity index (χ1) is 7.36. The first kappa shape index (κ1) is 8.83. The molecule has 0 fully saturated rings. The van der Waals surface area contributed by atoms with Crippen LogP contribution < -0.4 is 4.74 Å². The first-order valence-corrected chi connectivity index (χ1v) is 5.70. The molecule has 15 heavy (non-hydrogen) atoms. The van der Waals surface area contributed by atoms with Gasteiger partial charge in [-0.05, 0) is 24.3 Å². The molecule has 73 valence electrons. The topological polar surface area (TPSA) is 32.3 Å². The highest BCUT2D eigenvalue weighted by atomic mass is 32.2. The molecule has 1 unspecified atom stereocenters. The Hall–Kier alpha value is -1.45. The zero-order valence-electron chi connectivity index (χ0n) is 7.77. The second kappa shape index (κ2) is 3.29. The molecule has 0 saturated carbocycles. The fourth-order valence-electron chi connectivity index (χ4n) is 1.55. The van der Waals surface area contributed by atoms with E-state index >= 15 is 0 Å². The molecule has 0 spiro atoms. The largest absolute Gasteiger partial charge is 0.606 e. The van der Waals surface area contributed by atoms with Crippen molar-refractivity contribution in [2.75, 3.05) is 0 Å². The van der Waals surface area contributed by atoms with Crippen molar-refractivity contribution in [1.82, 2.24) is 0 Å². The lowest BCUT2D eigenvalue weighted by molar-refractivity contribution is 0.443. The third-order valence-electron chi connectivity index (χ3n) is 2.26. The molecule has 3 rings (SSSR count). The molecule has 1 atom stereocenters. The fourth-order valence-corrected chi connectivity index (χ4v) is 2.75. The van der Waals surface area contributed by atoms with Crippen LogP contribution >= 0.6 is 0 Å². The van der Waals surface area contributed by atoms with E-state index in [1.54, 1.807) is 18.2 Å². The molecule has 1 heterocycles. The Labute approximate surface area is 90.7 Å². The normalized spacial score (nSPS) is 13.9. The van der Waals surface area contributed by atoms with E-state index in [0.717, 1.165) is 4.90 Å². The molecule has 3 heteroatoms. The summed E-state index contributed by atoms with van der Waals surface area (Å²) in [7, 11) is 0. The van der Waals surface area contributed by atoms with E-state index in [1.165, 1.54) is 0 Å². The van der Waals surface area contributed by atoms with Crippen molar-refractivity contribution in [3.63, 3.8) is 0 Å². The lowest BCUT2D eigenvalue weighted by Gasteiger charge is -2.20. The maximum absolute atomic E-state index is 12.1. The summed E-state index contributed by atoms with van der Waals surface area (Å²) in [5.74, 6) is 1.33. The predicted molar refractivity (Wildman–Crippen MR) is 56.5 cm³/mol. The van der Waals surface area contributed by atoms with Gasteiger partial charge in [0.15, 0.2) is 11.5 Å². The summed E-state index contributed by atoms with van der Waals surface area (Å²) in [6.45, 7) is 0. The highest BCUT2D eigenvalue weighted by Crippen LogP contribution is 2.41. The molecule has 0 saturated heterocycles. The molecule has 2 aromatic rings. The Morgan fingerprint density at radius 1 is 1.07 bits per heavy atom. The van der Waals surface area contributed by atoms with Crippen LogP contribution in [-0.2, 0) is 11.2 Å². The third kappa shape index (κ3) is 1.32. The highest BCUT2D eigenvalue weighted by Gasteiger charge is 2.29. The Morgan fingerprint density at radius 3 is 2.80 bits per heavy atom. The van der Waals surface area contributed by atoms with Crippen LogP contribution in [0.5, 0.6) is 11.5 Å². The minimum atomic E-state index is -1.15. The minimum Gasteiger partial charge on any atom is -0.606 e. The van der Waals surface area contributed by atoms with Crippen molar-refractivity contribution in [2.24, 2.45) is 0 Å². The van der Waals surface area contributed by atoms with E-state index in [2.05, 4.69) is 6.07 Å². The van der Waals surface area contributed by atoms with Crippen LogP contribution in [0.4, 0.5) is 0 Å². The van der Waals surface area contributed by atoms with Crippen molar-refractivity contribution in [3.05, 3.63) is 48.5 Å². The van der Waals surface area contributed by atoms with Gasteiger partial charge in [-0.3, -0.25) is 0 Å². The van der Waals surface area contributed by atoms with Crippen molar-refractivity contribution >= 4 is 11.2 Å². The molecular formula is C12H7O2S. The van der Waals surface area contributed by atoms with Gasteiger partial charge in [-0.1, -0.05) is 18.2 Å². The SMILES string of the molecule is [O-][S+]1c2c[c]ccc2Oc2ccccc21. The maximum Gasteiger partial charge on any atom is 0.201 e. The molecule has 0 aliphatic carbocycles. The number of rotatable bonds is 0. The van der Waals surface area contributed by atoms with Crippen molar-refractivity contribution in [1.29, 1.82) is 0 Å². The van der Waals surface area contributed by atoms with Gasteiger partial charge >= 0.3 is 0 Å². The Balaban J connectivity index is 2.20. The van der Waals surface area contributed by atoms with Gasteiger partial charge in [-0.15, -0.1) is 0 Å². The number of hydrogen-bond donors (Lipinski definition) is 0. The molecule has 0 amide bonds. The molecule has 0 bridgehead atoms. The summed E-state index contributed by atoms with van der Waals surface area (Å²) in [4.78, 5) is 1.42. The molecule has 1 aliphatic rings. The van der Waals surface area contributed by atoms with E-state index in [-0.39, 0.29) is 0 Å². The highest BCUT2D eigenvalue weighted by molar-refractivity contribution is 7.91. The van der Waals surface area contributed by atoms with Gasteiger partial charge < -0.3 is 9.29 Å². The Kier molecular flexibility index (Phi) is 1.94. The van der Waals surface area contributed by atoms with Crippen LogP contribution in [0.15, 0.2) is 52.3 Å². The van der Waals surface area contributed by atoms with Crippen molar-refractivity contribution in [3.8, 4) is 11.5 Å². The third-order valence-corrected chi connectivity index (χ3v) is 3.71. The van der Waals surface area contributed by atoms with Gasteiger partial charge in [0.05, 0.1) is 0 Å². The molecule has 1 radical (unpaired) electrons. The predicted octanol–water partition coefficient (Wildman–Crippen LogP) is 2.76. The van der Waals surface area contributed by atoms with Gasteiger partial charge in [0, 0.05) is 17.2 Å². The monoisotopic (exact) mass is 215 g/mol. The number of hydrogen-bond acceptors (Lipinski definition) is 2. The lowest BCUT2D eigenvalue weighted by Crippen LogP contribution is -2.10. The molecule has 0 aromatic heterocycles. The van der Waals surface area contributed by atoms with E-state index < -0.39 is 11.2 Å². The summed E-state index contributed by atoms with van der Waals surface area (Å²) in [5, 5.41) is 0. The summed E-state index contributed by atoms with van der Waals surface area (Å²) < 4.78 is 17.8. The number of benzene rings is 2. The van der Waals surface area contributed by atoms with Crippen molar-refractivity contribution in [2.45, 2.75) is 9.79 Å². The summed E-state index contributed by atoms with van der Waals surface area (Å²) >= 11 is -1.15. The minimum absolute atomic E-state index is 0.658. The molecule has 2 nitrogen and oxygen atoms in total. The molecule has 2 aromatic carbocycles. The molecule has 0 N–H and O–H groups in total. The maximum atomic E-state index is 12.1. The van der Waals surface area contributed by atoms with Gasteiger partial charge in [0.25, 0.3) is 0 Å². The average Bonchev–Trinajstić information content (AvgIpc) is 2.30. The Bertz CT molecular complexity index is 465.